The maximum Gasteiger partial charge on any atom is 0.329 e. The first-order valence-electron chi connectivity index (χ1n) is 6.23. The van der Waals surface area contributed by atoms with E-state index in [9.17, 15) is 10.1 Å². The summed E-state index contributed by atoms with van der Waals surface area (Å²) in [6.45, 7) is 0. The molecule has 1 aliphatic carbocycles. The van der Waals surface area contributed by atoms with Crippen LogP contribution >= 0.6 is 11.8 Å². The van der Waals surface area contributed by atoms with Crippen LogP contribution in [0.2, 0.25) is 0 Å². The monoisotopic (exact) mass is 288 g/mol. The Morgan fingerprint density at radius 1 is 1.30 bits per heavy atom. The van der Waals surface area contributed by atoms with Crippen LogP contribution in [0.5, 0.6) is 0 Å². The molecule has 20 heavy (non-hydrogen) atoms. The average Bonchev–Trinajstić information content (AvgIpc) is 3.24. The maximum absolute atomic E-state index is 11.0. The largest absolute Gasteiger partial charge is 0.361 e. The van der Waals surface area contributed by atoms with E-state index < -0.39 is 4.92 Å². The minimum atomic E-state index is -0.457. The highest BCUT2D eigenvalue weighted by molar-refractivity contribution is 7.99. The second-order valence-electron chi connectivity index (χ2n) is 4.48. The molecule has 0 saturated heterocycles. The molecule has 1 saturated carbocycles. The molecule has 1 fully saturated rings. The SMILES string of the molecule is O=[N+]([O-])c1cnc(Sc2ccccc2)nc1NC1CC1. The summed E-state index contributed by atoms with van der Waals surface area (Å²) in [5, 5.41) is 14.6. The summed E-state index contributed by atoms with van der Waals surface area (Å²) in [7, 11) is 0. The molecule has 0 unspecified atom stereocenters. The molecule has 2 aromatic rings. The Kier molecular flexibility index (Phi) is 3.51. The van der Waals surface area contributed by atoms with Crippen LogP contribution in [0, 0.1) is 10.1 Å². The smallest absolute Gasteiger partial charge is 0.329 e. The fraction of sp³-hybridized carbons (Fsp3) is 0.231. The van der Waals surface area contributed by atoms with Crippen LogP contribution in [0.3, 0.4) is 0 Å². The van der Waals surface area contributed by atoms with Crippen molar-refractivity contribution in [2.45, 2.75) is 28.9 Å². The first kappa shape index (κ1) is 12.9. The molecule has 0 atom stereocenters. The molecule has 6 nitrogen and oxygen atoms in total. The second-order valence-corrected chi connectivity index (χ2v) is 5.52. The van der Waals surface area contributed by atoms with Gasteiger partial charge in [-0.3, -0.25) is 10.1 Å². The van der Waals surface area contributed by atoms with E-state index in [4.69, 9.17) is 0 Å². The molecule has 0 radical (unpaired) electrons. The maximum atomic E-state index is 11.0. The third kappa shape index (κ3) is 3.05. The predicted molar refractivity (Wildman–Crippen MR) is 75.9 cm³/mol. The van der Waals surface area contributed by atoms with Crippen LogP contribution in [0.25, 0.3) is 0 Å². The minimum Gasteiger partial charge on any atom is -0.361 e. The molecule has 1 heterocycles. The standard InChI is InChI=1S/C13H12N4O2S/c18-17(19)11-8-14-13(16-12(11)15-9-6-7-9)20-10-4-2-1-3-5-10/h1-5,8-9H,6-7H2,(H,14,15,16). The van der Waals surface area contributed by atoms with Crippen molar-refractivity contribution in [2.75, 3.05) is 5.32 Å². The van der Waals surface area contributed by atoms with E-state index in [1.165, 1.54) is 18.0 Å². The molecular formula is C13H12N4O2S. The molecule has 0 aliphatic heterocycles. The zero-order chi connectivity index (χ0) is 13.9. The van der Waals surface area contributed by atoms with Gasteiger partial charge in [-0.1, -0.05) is 18.2 Å². The van der Waals surface area contributed by atoms with Crippen LogP contribution in [-0.2, 0) is 0 Å². The summed E-state index contributed by atoms with van der Waals surface area (Å²) in [4.78, 5) is 19.8. The number of hydrogen-bond acceptors (Lipinski definition) is 6. The van der Waals surface area contributed by atoms with Gasteiger partial charge in [0.1, 0.15) is 6.20 Å². The van der Waals surface area contributed by atoms with Crippen molar-refractivity contribution in [1.29, 1.82) is 0 Å². The molecule has 0 bridgehead atoms. The van der Waals surface area contributed by atoms with Crippen LogP contribution < -0.4 is 5.32 Å². The van der Waals surface area contributed by atoms with Gasteiger partial charge in [-0.2, -0.15) is 4.98 Å². The highest BCUT2D eigenvalue weighted by Crippen LogP contribution is 2.32. The van der Waals surface area contributed by atoms with Gasteiger partial charge in [0, 0.05) is 10.9 Å². The van der Waals surface area contributed by atoms with E-state index in [2.05, 4.69) is 15.3 Å². The van der Waals surface area contributed by atoms with Gasteiger partial charge < -0.3 is 5.32 Å². The fourth-order valence-corrected chi connectivity index (χ4v) is 2.41. The van der Waals surface area contributed by atoms with Gasteiger partial charge in [0.25, 0.3) is 0 Å². The summed E-state index contributed by atoms with van der Waals surface area (Å²) < 4.78 is 0. The molecule has 1 aromatic heterocycles. The van der Waals surface area contributed by atoms with Crippen molar-refractivity contribution >= 4 is 23.3 Å². The Morgan fingerprint density at radius 2 is 2.05 bits per heavy atom. The quantitative estimate of drug-likeness (QED) is 0.517. The predicted octanol–water partition coefficient (Wildman–Crippen LogP) is 3.11. The van der Waals surface area contributed by atoms with Crippen LogP contribution in [0.15, 0.2) is 46.6 Å². The van der Waals surface area contributed by atoms with Gasteiger partial charge in [-0.25, -0.2) is 4.98 Å². The zero-order valence-electron chi connectivity index (χ0n) is 10.5. The third-order valence-electron chi connectivity index (χ3n) is 2.81. The van der Waals surface area contributed by atoms with Crippen molar-refractivity contribution in [3.05, 3.63) is 46.6 Å². The van der Waals surface area contributed by atoms with Crippen LogP contribution in [0.1, 0.15) is 12.8 Å². The number of rotatable bonds is 5. The molecule has 1 N–H and O–H groups in total. The first-order valence-corrected chi connectivity index (χ1v) is 7.05. The number of nitro groups is 1. The van der Waals surface area contributed by atoms with E-state index in [1.54, 1.807) is 0 Å². The number of hydrogen-bond donors (Lipinski definition) is 1. The summed E-state index contributed by atoms with van der Waals surface area (Å²) in [6.07, 6.45) is 3.33. The lowest BCUT2D eigenvalue weighted by Crippen LogP contribution is -2.07. The zero-order valence-corrected chi connectivity index (χ0v) is 11.3. The Bertz CT molecular complexity index is 632. The van der Waals surface area contributed by atoms with Gasteiger partial charge in [0.15, 0.2) is 5.16 Å². The summed E-state index contributed by atoms with van der Waals surface area (Å²) in [5.74, 6) is 0.311. The Morgan fingerprint density at radius 3 is 2.70 bits per heavy atom. The van der Waals surface area contributed by atoms with Gasteiger partial charge in [0.2, 0.25) is 5.82 Å². The van der Waals surface area contributed by atoms with Crippen molar-refractivity contribution in [3.8, 4) is 0 Å². The molecule has 1 aromatic carbocycles. The Labute approximate surface area is 119 Å². The number of nitrogens with zero attached hydrogens (tertiary/aromatic N) is 3. The molecule has 1 aliphatic rings. The normalized spacial score (nSPS) is 14.0. The highest BCUT2D eigenvalue weighted by atomic mass is 32.2. The van der Waals surface area contributed by atoms with Crippen molar-refractivity contribution in [3.63, 3.8) is 0 Å². The average molecular weight is 288 g/mol. The highest BCUT2D eigenvalue weighted by Gasteiger charge is 2.26. The van der Waals surface area contributed by atoms with Crippen molar-refractivity contribution in [2.24, 2.45) is 0 Å². The summed E-state index contributed by atoms with van der Waals surface area (Å²) in [6, 6.07) is 9.99. The minimum absolute atomic E-state index is 0.0747. The number of aromatic nitrogens is 2. The third-order valence-corrected chi connectivity index (χ3v) is 3.70. The van der Waals surface area contributed by atoms with Gasteiger partial charge in [0.05, 0.1) is 4.92 Å². The molecule has 0 spiro atoms. The first-order chi connectivity index (χ1) is 9.72. The number of benzene rings is 1. The number of anilines is 1. The molecular weight excluding hydrogens is 276 g/mol. The topological polar surface area (TPSA) is 81.0 Å². The summed E-state index contributed by atoms with van der Waals surface area (Å²) in [5.41, 5.74) is -0.0747. The van der Waals surface area contributed by atoms with Gasteiger partial charge in [-0.05, 0) is 36.7 Å². The number of nitrogens with one attached hydrogen (secondary N) is 1. The van der Waals surface area contributed by atoms with Gasteiger partial charge >= 0.3 is 5.69 Å². The lowest BCUT2D eigenvalue weighted by atomic mass is 10.4. The Hall–Kier alpha value is -2.15. The summed E-state index contributed by atoms with van der Waals surface area (Å²) >= 11 is 1.38. The Balaban J connectivity index is 1.86. The van der Waals surface area contributed by atoms with Crippen LogP contribution in [-0.4, -0.2) is 20.9 Å². The van der Waals surface area contributed by atoms with E-state index in [0.717, 1.165) is 17.7 Å². The second kappa shape index (κ2) is 5.46. The van der Waals surface area contributed by atoms with E-state index in [-0.39, 0.29) is 5.69 Å². The van der Waals surface area contributed by atoms with Crippen molar-refractivity contribution in [1.82, 2.24) is 9.97 Å². The molecule has 3 rings (SSSR count). The van der Waals surface area contributed by atoms with Crippen LogP contribution in [0.4, 0.5) is 11.5 Å². The van der Waals surface area contributed by atoms with Gasteiger partial charge in [-0.15, -0.1) is 0 Å². The fourth-order valence-electron chi connectivity index (χ4n) is 1.66. The van der Waals surface area contributed by atoms with Crippen molar-refractivity contribution < 1.29 is 4.92 Å². The molecule has 0 amide bonds. The molecule has 7 heteroatoms. The van der Waals surface area contributed by atoms with E-state index >= 15 is 0 Å². The lowest BCUT2D eigenvalue weighted by Gasteiger charge is -2.06. The lowest BCUT2D eigenvalue weighted by molar-refractivity contribution is -0.384. The van der Waals surface area contributed by atoms with E-state index in [1.807, 2.05) is 30.3 Å². The van der Waals surface area contributed by atoms with E-state index in [0.29, 0.717) is 17.0 Å². The molecule has 102 valence electrons.